The summed E-state index contributed by atoms with van der Waals surface area (Å²) < 4.78 is 49.0. The van der Waals surface area contributed by atoms with Gasteiger partial charge in [-0.25, -0.2) is 17.6 Å². The fraction of sp³-hybridized carbons (Fsp3) is 0. The number of benzene rings is 1. The summed E-state index contributed by atoms with van der Waals surface area (Å²) in [6.07, 6.45) is 0. The molecule has 0 amide bonds. The molecule has 0 aromatic heterocycles. The minimum atomic E-state index is -1.71. The number of halogens is 4. The van der Waals surface area contributed by atoms with Crippen LogP contribution in [0.2, 0.25) is 0 Å². The van der Waals surface area contributed by atoms with Crippen LogP contribution in [0.5, 0.6) is 0 Å². The maximum absolute atomic E-state index is 12.3. The molecule has 0 spiro atoms. The second-order valence-corrected chi connectivity index (χ2v) is 2.26. The summed E-state index contributed by atoms with van der Waals surface area (Å²) in [6.45, 7) is 0. The predicted molar refractivity (Wildman–Crippen MR) is 33.5 cm³/mol. The zero-order valence-corrected chi connectivity index (χ0v) is 8.93. The SMILES string of the molecule is Fc1cc(F)c(S)c(F)c1F.[Na+]. The first-order chi connectivity index (χ1) is 5.04. The molecule has 0 unspecified atom stereocenters. The largest absolute Gasteiger partial charge is 1.00 e. The van der Waals surface area contributed by atoms with Gasteiger partial charge < -0.3 is 0 Å². The molecule has 1 aromatic rings. The van der Waals surface area contributed by atoms with Crippen LogP contribution in [-0.4, -0.2) is 0 Å². The molecular formula is C6H2F4NaS+. The third-order valence-electron chi connectivity index (χ3n) is 1.09. The van der Waals surface area contributed by atoms with Crippen LogP contribution < -0.4 is 29.6 Å². The molecule has 0 fully saturated rings. The summed E-state index contributed by atoms with van der Waals surface area (Å²) >= 11 is 3.27. The van der Waals surface area contributed by atoms with E-state index >= 15 is 0 Å². The number of thiol groups is 1. The average molecular weight is 205 g/mol. The molecule has 0 saturated carbocycles. The molecule has 0 atom stereocenters. The predicted octanol–water partition coefficient (Wildman–Crippen LogP) is -0.464. The van der Waals surface area contributed by atoms with Crippen LogP contribution in [0.25, 0.3) is 0 Å². The van der Waals surface area contributed by atoms with Crippen molar-refractivity contribution in [3.05, 3.63) is 29.3 Å². The Kier molecular flexibility index (Phi) is 4.61. The summed E-state index contributed by atoms with van der Waals surface area (Å²) in [6, 6.07) is 0.237. The Morgan fingerprint density at radius 3 is 1.92 bits per heavy atom. The van der Waals surface area contributed by atoms with E-state index in [1.165, 1.54) is 0 Å². The van der Waals surface area contributed by atoms with Crippen molar-refractivity contribution < 1.29 is 47.1 Å². The van der Waals surface area contributed by atoms with Crippen molar-refractivity contribution in [2.45, 2.75) is 4.90 Å². The molecule has 0 bridgehead atoms. The second kappa shape index (κ2) is 4.50. The molecule has 0 aliphatic carbocycles. The van der Waals surface area contributed by atoms with Gasteiger partial charge in [0, 0.05) is 6.07 Å². The van der Waals surface area contributed by atoms with Crippen LogP contribution in [0, 0.1) is 23.3 Å². The number of hydrogen-bond donors (Lipinski definition) is 1. The molecule has 60 valence electrons. The zero-order valence-electron chi connectivity index (χ0n) is 6.04. The number of rotatable bonds is 0. The topological polar surface area (TPSA) is 0 Å². The van der Waals surface area contributed by atoms with Crippen molar-refractivity contribution in [1.29, 1.82) is 0 Å². The van der Waals surface area contributed by atoms with Crippen LogP contribution in [0.15, 0.2) is 11.0 Å². The van der Waals surface area contributed by atoms with Gasteiger partial charge in [0.05, 0.1) is 4.90 Å². The first kappa shape index (κ1) is 12.3. The first-order valence-corrected chi connectivity index (χ1v) is 3.00. The third kappa shape index (κ3) is 2.16. The molecule has 0 aliphatic heterocycles. The molecule has 6 heteroatoms. The smallest absolute Gasteiger partial charge is 0.206 e. The summed E-state index contributed by atoms with van der Waals surface area (Å²) in [5, 5.41) is 0. The van der Waals surface area contributed by atoms with Crippen molar-refractivity contribution in [2.75, 3.05) is 0 Å². The minimum Gasteiger partial charge on any atom is -0.206 e. The van der Waals surface area contributed by atoms with Crippen molar-refractivity contribution in [1.82, 2.24) is 0 Å². The molecule has 0 aliphatic rings. The van der Waals surface area contributed by atoms with Crippen molar-refractivity contribution in [3.8, 4) is 0 Å². The third-order valence-corrected chi connectivity index (χ3v) is 1.50. The van der Waals surface area contributed by atoms with Gasteiger partial charge in [0.2, 0.25) is 0 Å². The van der Waals surface area contributed by atoms with E-state index in [-0.39, 0.29) is 35.6 Å². The number of hydrogen-bond acceptors (Lipinski definition) is 1. The molecular weight excluding hydrogens is 203 g/mol. The van der Waals surface area contributed by atoms with Gasteiger partial charge in [-0.05, 0) is 0 Å². The molecule has 0 nitrogen and oxygen atoms in total. The second-order valence-electron chi connectivity index (χ2n) is 1.82. The minimum absolute atomic E-state index is 0. The molecule has 0 heterocycles. The van der Waals surface area contributed by atoms with Gasteiger partial charge in [-0.2, -0.15) is 0 Å². The van der Waals surface area contributed by atoms with Crippen LogP contribution >= 0.6 is 12.6 Å². The summed E-state index contributed by atoms with van der Waals surface area (Å²) in [5.41, 5.74) is 0. The Morgan fingerprint density at radius 1 is 0.917 bits per heavy atom. The molecule has 1 aromatic carbocycles. The molecule has 12 heavy (non-hydrogen) atoms. The Morgan fingerprint density at radius 2 is 1.42 bits per heavy atom. The van der Waals surface area contributed by atoms with Crippen LogP contribution in [0.4, 0.5) is 17.6 Å². The van der Waals surface area contributed by atoms with Crippen LogP contribution in [0.1, 0.15) is 0 Å². The average Bonchev–Trinajstić information content (AvgIpc) is 1.97. The van der Waals surface area contributed by atoms with Gasteiger partial charge in [-0.15, -0.1) is 12.6 Å². The normalized spacial score (nSPS) is 9.42. The van der Waals surface area contributed by atoms with Crippen LogP contribution in [0.3, 0.4) is 0 Å². The molecule has 0 N–H and O–H groups in total. The summed E-state index contributed by atoms with van der Waals surface area (Å²) in [5.74, 6) is -6.09. The molecule has 0 radical (unpaired) electrons. The van der Waals surface area contributed by atoms with E-state index in [1.807, 2.05) is 0 Å². The van der Waals surface area contributed by atoms with Crippen molar-refractivity contribution >= 4 is 12.6 Å². The van der Waals surface area contributed by atoms with E-state index < -0.39 is 28.2 Å². The zero-order chi connectivity index (χ0) is 8.59. The molecule has 0 saturated heterocycles. The van der Waals surface area contributed by atoms with Gasteiger partial charge in [-0.3, -0.25) is 0 Å². The van der Waals surface area contributed by atoms with Crippen LogP contribution in [-0.2, 0) is 0 Å². The Bertz CT molecular complexity index is 276. The Balaban J connectivity index is 0.00000121. The Hall–Kier alpha value is 0.290. The van der Waals surface area contributed by atoms with Crippen molar-refractivity contribution in [2.24, 2.45) is 0 Å². The van der Waals surface area contributed by atoms with Crippen molar-refractivity contribution in [3.63, 3.8) is 0 Å². The summed E-state index contributed by atoms with van der Waals surface area (Å²) in [7, 11) is 0. The monoisotopic (exact) mass is 205 g/mol. The van der Waals surface area contributed by atoms with E-state index in [2.05, 4.69) is 12.6 Å². The maximum Gasteiger partial charge on any atom is 1.00 e. The summed E-state index contributed by atoms with van der Waals surface area (Å²) in [4.78, 5) is -0.816. The van der Waals surface area contributed by atoms with Gasteiger partial charge in [0.25, 0.3) is 0 Å². The standard InChI is InChI=1S/C6H2F4S.Na/c7-2-1-3(8)6(11)5(10)4(2)9;/h1,11H;/q;+1. The van der Waals surface area contributed by atoms with Gasteiger partial charge in [0.1, 0.15) is 5.82 Å². The van der Waals surface area contributed by atoms with E-state index in [0.29, 0.717) is 0 Å². The van der Waals surface area contributed by atoms with E-state index in [9.17, 15) is 17.6 Å². The fourth-order valence-corrected chi connectivity index (χ4v) is 0.719. The molecule has 1 rings (SSSR count). The van der Waals surface area contributed by atoms with E-state index in [4.69, 9.17) is 0 Å². The van der Waals surface area contributed by atoms with Gasteiger partial charge in [-0.1, -0.05) is 0 Å². The van der Waals surface area contributed by atoms with E-state index in [0.717, 1.165) is 0 Å². The Labute approximate surface area is 93.7 Å². The quantitative estimate of drug-likeness (QED) is 0.191. The van der Waals surface area contributed by atoms with Gasteiger partial charge >= 0.3 is 29.6 Å². The first-order valence-electron chi connectivity index (χ1n) is 2.56. The fourth-order valence-electron chi connectivity index (χ4n) is 0.557. The van der Waals surface area contributed by atoms with Gasteiger partial charge in [0.15, 0.2) is 17.5 Å². The van der Waals surface area contributed by atoms with E-state index in [1.54, 1.807) is 0 Å². The maximum atomic E-state index is 12.3.